The van der Waals surface area contributed by atoms with Crippen molar-refractivity contribution in [3.05, 3.63) is 53.0 Å². The van der Waals surface area contributed by atoms with E-state index in [9.17, 15) is 4.79 Å². The van der Waals surface area contributed by atoms with Crippen molar-refractivity contribution in [2.75, 3.05) is 5.32 Å². The van der Waals surface area contributed by atoms with Crippen LogP contribution in [0.1, 0.15) is 48.0 Å². The third kappa shape index (κ3) is 2.93. The Labute approximate surface area is 120 Å². The molecule has 0 aliphatic heterocycles. The van der Waals surface area contributed by atoms with Gasteiger partial charge in [-0.1, -0.05) is 32.9 Å². The monoisotopic (exact) mass is 271 g/mol. The molecule has 0 unspecified atom stereocenters. The minimum atomic E-state index is -0.128. The zero-order chi connectivity index (χ0) is 14.9. The van der Waals surface area contributed by atoms with Crippen LogP contribution in [-0.2, 0) is 5.41 Å². The molecule has 0 atom stereocenters. The fourth-order valence-electron chi connectivity index (χ4n) is 2.16. The Kier molecular flexibility index (Phi) is 3.71. The zero-order valence-electron chi connectivity index (χ0n) is 12.7. The Bertz CT molecular complexity index is 596. The van der Waals surface area contributed by atoms with Gasteiger partial charge in [0.2, 0.25) is 0 Å². The molecule has 0 bridgehead atoms. The van der Waals surface area contributed by atoms with Crippen LogP contribution in [0.4, 0.5) is 5.69 Å². The molecule has 2 aromatic rings. The van der Waals surface area contributed by atoms with Gasteiger partial charge in [0.05, 0.1) is 11.8 Å². The first-order valence-corrected chi connectivity index (χ1v) is 6.75. The van der Waals surface area contributed by atoms with Gasteiger partial charge in [-0.25, -0.2) is 0 Å². The normalized spacial score (nSPS) is 11.4. The molecule has 0 radical (unpaired) electrons. The number of amides is 1. The molecule has 2 rings (SSSR count). The maximum atomic E-state index is 12.2. The lowest BCUT2D eigenvalue weighted by Crippen LogP contribution is -2.14. The summed E-state index contributed by atoms with van der Waals surface area (Å²) in [6, 6.07) is 7.96. The van der Waals surface area contributed by atoms with E-state index in [2.05, 4.69) is 26.1 Å². The molecule has 3 nitrogen and oxygen atoms in total. The van der Waals surface area contributed by atoms with Gasteiger partial charge in [0.1, 0.15) is 5.76 Å². The summed E-state index contributed by atoms with van der Waals surface area (Å²) in [5, 5.41) is 2.91. The molecule has 20 heavy (non-hydrogen) atoms. The average Bonchev–Trinajstić information content (AvgIpc) is 2.68. The number of anilines is 1. The summed E-state index contributed by atoms with van der Waals surface area (Å²) in [4.78, 5) is 12.2. The predicted octanol–water partition coefficient (Wildman–Crippen LogP) is 4.45. The van der Waals surface area contributed by atoms with Crippen LogP contribution in [0.25, 0.3) is 0 Å². The van der Waals surface area contributed by atoms with Crippen molar-refractivity contribution in [2.45, 2.75) is 40.0 Å². The second-order valence-electron chi connectivity index (χ2n) is 6.13. The Morgan fingerprint density at radius 2 is 1.70 bits per heavy atom. The van der Waals surface area contributed by atoms with Crippen molar-refractivity contribution in [3.63, 3.8) is 0 Å². The van der Waals surface area contributed by atoms with Crippen molar-refractivity contribution in [2.24, 2.45) is 0 Å². The quantitative estimate of drug-likeness (QED) is 0.877. The molecule has 0 saturated heterocycles. The van der Waals surface area contributed by atoms with E-state index < -0.39 is 0 Å². The Morgan fingerprint density at radius 3 is 2.15 bits per heavy atom. The Balaban J connectivity index is 2.17. The third-order valence-corrected chi connectivity index (χ3v) is 3.39. The average molecular weight is 271 g/mol. The van der Waals surface area contributed by atoms with Gasteiger partial charge in [-0.2, -0.15) is 0 Å². The number of carbonyl (C=O) groups excluding carboxylic acids is 1. The van der Waals surface area contributed by atoms with Crippen molar-refractivity contribution in [3.8, 4) is 0 Å². The fourth-order valence-corrected chi connectivity index (χ4v) is 2.16. The summed E-state index contributed by atoms with van der Waals surface area (Å²) in [7, 11) is 0. The van der Waals surface area contributed by atoms with Crippen molar-refractivity contribution in [1.29, 1.82) is 0 Å². The van der Waals surface area contributed by atoms with E-state index in [1.807, 2.05) is 31.2 Å². The SMILES string of the molecule is Cc1coc(C)c1C(=O)Nc1ccc(C(C)(C)C)cc1. The maximum Gasteiger partial charge on any atom is 0.259 e. The highest BCUT2D eigenvalue weighted by Crippen LogP contribution is 2.24. The third-order valence-electron chi connectivity index (χ3n) is 3.39. The summed E-state index contributed by atoms with van der Waals surface area (Å²) >= 11 is 0. The van der Waals surface area contributed by atoms with Gasteiger partial charge in [-0.05, 0) is 37.0 Å². The van der Waals surface area contributed by atoms with Gasteiger partial charge >= 0.3 is 0 Å². The van der Waals surface area contributed by atoms with Crippen LogP contribution in [0.5, 0.6) is 0 Å². The Hall–Kier alpha value is -2.03. The molecule has 1 aromatic heterocycles. The first-order valence-electron chi connectivity index (χ1n) is 6.75. The fraction of sp³-hybridized carbons (Fsp3) is 0.353. The largest absolute Gasteiger partial charge is 0.469 e. The van der Waals surface area contributed by atoms with E-state index in [1.165, 1.54) is 5.56 Å². The van der Waals surface area contributed by atoms with E-state index in [0.29, 0.717) is 11.3 Å². The molecule has 1 heterocycles. The van der Waals surface area contributed by atoms with E-state index in [1.54, 1.807) is 13.2 Å². The van der Waals surface area contributed by atoms with Crippen LogP contribution in [-0.4, -0.2) is 5.91 Å². The van der Waals surface area contributed by atoms with Gasteiger partial charge in [0, 0.05) is 11.3 Å². The molecule has 0 aliphatic carbocycles. The van der Waals surface area contributed by atoms with Crippen molar-refractivity contribution in [1.82, 2.24) is 0 Å². The van der Waals surface area contributed by atoms with Crippen LogP contribution >= 0.6 is 0 Å². The first kappa shape index (κ1) is 14.4. The zero-order valence-corrected chi connectivity index (χ0v) is 12.7. The first-order chi connectivity index (χ1) is 9.29. The molecule has 0 fully saturated rings. The standard InChI is InChI=1S/C17H21NO2/c1-11-10-20-12(2)15(11)16(19)18-14-8-6-13(7-9-14)17(3,4)5/h6-10H,1-5H3,(H,18,19). The molecule has 0 saturated carbocycles. The van der Waals surface area contributed by atoms with Gasteiger partial charge < -0.3 is 9.73 Å². The van der Waals surface area contributed by atoms with Crippen LogP contribution < -0.4 is 5.32 Å². The van der Waals surface area contributed by atoms with E-state index in [0.717, 1.165) is 11.3 Å². The number of aryl methyl sites for hydroxylation is 2. The van der Waals surface area contributed by atoms with Gasteiger partial charge in [0.15, 0.2) is 0 Å². The predicted molar refractivity (Wildman–Crippen MR) is 81.3 cm³/mol. The van der Waals surface area contributed by atoms with Gasteiger partial charge in [0.25, 0.3) is 5.91 Å². The maximum absolute atomic E-state index is 12.2. The molecule has 3 heteroatoms. The topological polar surface area (TPSA) is 42.2 Å². The number of benzene rings is 1. The molecule has 0 aliphatic rings. The van der Waals surface area contributed by atoms with Crippen molar-refractivity contribution < 1.29 is 9.21 Å². The molecule has 1 N–H and O–H groups in total. The number of nitrogens with one attached hydrogen (secondary N) is 1. The number of hydrogen-bond donors (Lipinski definition) is 1. The second kappa shape index (κ2) is 5.16. The summed E-state index contributed by atoms with van der Waals surface area (Å²) in [6.45, 7) is 10.2. The lowest BCUT2D eigenvalue weighted by molar-refractivity contribution is 0.102. The van der Waals surface area contributed by atoms with Gasteiger partial charge in [-0.15, -0.1) is 0 Å². The lowest BCUT2D eigenvalue weighted by atomic mass is 9.87. The molecule has 1 amide bonds. The highest BCUT2D eigenvalue weighted by molar-refractivity contribution is 6.05. The van der Waals surface area contributed by atoms with Crippen LogP contribution in [0.2, 0.25) is 0 Å². The van der Waals surface area contributed by atoms with Crippen LogP contribution in [0.3, 0.4) is 0 Å². The Morgan fingerprint density at radius 1 is 1.10 bits per heavy atom. The summed E-state index contributed by atoms with van der Waals surface area (Å²) < 4.78 is 5.26. The van der Waals surface area contributed by atoms with Gasteiger partial charge in [-0.3, -0.25) is 4.79 Å². The number of furan rings is 1. The lowest BCUT2D eigenvalue weighted by Gasteiger charge is -2.19. The van der Waals surface area contributed by atoms with Crippen LogP contribution in [0, 0.1) is 13.8 Å². The summed E-state index contributed by atoms with van der Waals surface area (Å²) in [5.41, 5.74) is 3.62. The van der Waals surface area contributed by atoms with E-state index in [-0.39, 0.29) is 11.3 Å². The van der Waals surface area contributed by atoms with Crippen LogP contribution in [0.15, 0.2) is 34.9 Å². The molecule has 0 spiro atoms. The second-order valence-corrected chi connectivity index (χ2v) is 6.13. The number of carbonyl (C=O) groups is 1. The van der Waals surface area contributed by atoms with E-state index in [4.69, 9.17) is 4.42 Å². The minimum absolute atomic E-state index is 0.111. The minimum Gasteiger partial charge on any atom is -0.469 e. The molecular weight excluding hydrogens is 250 g/mol. The van der Waals surface area contributed by atoms with Crippen molar-refractivity contribution >= 4 is 11.6 Å². The molecule has 106 valence electrons. The molecular formula is C17H21NO2. The number of hydrogen-bond acceptors (Lipinski definition) is 2. The number of rotatable bonds is 2. The highest BCUT2D eigenvalue weighted by atomic mass is 16.3. The highest BCUT2D eigenvalue weighted by Gasteiger charge is 2.16. The summed E-state index contributed by atoms with van der Waals surface area (Å²) in [6.07, 6.45) is 1.60. The van der Waals surface area contributed by atoms with E-state index >= 15 is 0 Å². The summed E-state index contributed by atoms with van der Waals surface area (Å²) in [5.74, 6) is 0.517. The smallest absolute Gasteiger partial charge is 0.259 e. The molecule has 1 aromatic carbocycles.